The van der Waals surface area contributed by atoms with Crippen LogP contribution in [-0.2, 0) is 31.3 Å². The molecule has 1 spiro atoms. The van der Waals surface area contributed by atoms with Crippen LogP contribution < -0.4 is 25.5 Å². The zero-order valence-electron chi connectivity index (χ0n) is 29.1. The van der Waals surface area contributed by atoms with Gasteiger partial charge in [0.1, 0.15) is 5.75 Å². The number of carbonyl (C=O) groups excluding carboxylic acids is 3. The van der Waals surface area contributed by atoms with Gasteiger partial charge >= 0.3 is 0 Å². The first-order valence-corrected chi connectivity index (χ1v) is 20.3. The summed E-state index contributed by atoms with van der Waals surface area (Å²) in [6, 6.07) is 23.2. The summed E-state index contributed by atoms with van der Waals surface area (Å²) in [5, 5.41) is 17.4. The molecule has 5 atom stereocenters. The minimum Gasteiger partial charge on any atom is -0.497 e. The minimum absolute atomic E-state index is 0.0618. The number of rotatable bonds is 11. The number of nitrogens with zero attached hydrogens (tertiary/aromatic N) is 2. The molecule has 2 fully saturated rings. The number of amides is 3. The van der Waals surface area contributed by atoms with Crippen LogP contribution in [0.4, 0.5) is 11.4 Å². The minimum atomic E-state index is -2.48. The Morgan fingerprint density at radius 2 is 1.86 bits per heavy atom. The van der Waals surface area contributed by atoms with Gasteiger partial charge < -0.3 is 35.0 Å². The van der Waals surface area contributed by atoms with Gasteiger partial charge in [0.15, 0.2) is 5.60 Å². The maximum Gasteiger partial charge on any atom is 0.264 e. The van der Waals surface area contributed by atoms with E-state index in [1.807, 2.05) is 60.7 Å². The third-order valence-electron chi connectivity index (χ3n) is 10.9. The maximum atomic E-state index is 14.5. The first-order valence-electron chi connectivity index (χ1n) is 17.2. The number of nitrogens with one attached hydrogen (secondary N) is 2. The largest absolute Gasteiger partial charge is 0.497 e. The first kappa shape index (κ1) is 34.8. The van der Waals surface area contributed by atoms with Crippen molar-refractivity contribution in [2.45, 2.75) is 69.1 Å². The Kier molecular flexibility index (Phi) is 9.99. The number of carbonyl (C=O) groups is 3. The summed E-state index contributed by atoms with van der Waals surface area (Å²) < 4.78 is 12.5. The van der Waals surface area contributed by atoms with Gasteiger partial charge in [-0.15, -0.1) is 0 Å². The normalized spacial score (nSPS) is 24.7. The second kappa shape index (κ2) is 14.1. The number of anilines is 2. The van der Waals surface area contributed by atoms with Gasteiger partial charge in [-0.2, -0.15) is 0 Å². The molecule has 0 radical (unpaired) electrons. The highest BCUT2D eigenvalue weighted by atomic mass is 28.3. The standard InChI is InChI=1S/C38H48N4O6Si/c1-25-35(49(4,5)29-16-14-28(47-3)15-17-29)33(23-34(44)42(20-21-43)24-26-10-7-6-8-11-26)48-38(25)30-22-27(13-18-32(30)41(2)37(38)46)40-36(45)31-12-9-19-39-31/h6-8,10-11,13-18,22,25,31,33,35,39,43H,9,12,19-21,23-24H2,1-5H3,(H,40,45)/t25-,31+,33+,35-,38+/m0/s1. The molecule has 0 bridgehead atoms. The quantitative estimate of drug-likeness (QED) is 0.262. The van der Waals surface area contributed by atoms with E-state index in [0.717, 1.165) is 36.4 Å². The van der Waals surface area contributed by atoms with Gasteiger partial charge in [-0.05, 0) is 60.8 Å². The van der Waals surface area contributed by atoms with E-state index in [4.69, 9.17) is 9.47 Å². The van der Waals surface area contributed by atoms with E-state index in [0.29, 0.717) is 17.8 Å². The Bertz CT molecular complexity index is 1680. The number of hydrogen-bond acceptors (Lipinski definition) is 7. The van der Waals surface area contributed by atoms with Crippen molar-refractivity contribution < 1.29 is 29.0 Å². The van der Waals surface area contributed by atoms with Gasteiger partial charge in [0.2, 0.25) is 11.8 Å². The Hall–Kier alpha value is -4.03. The highest BCUT2D eigenvalue weighted by Crippen LogP contribution is 2.60. The Morgan fingerprint density at radius 3 is 2.51 bits per heavy atom. The first-order chi connectivity index (χ1) is 23.5. The third-order valence-corrected chi connectivity index (χ3v) is 15.3. The molecule has 49 heavy (non-hydrogen) atoms. The zero-order chi connectivity index (χ0) is 34.9. The highest BCUT2D eigenvalue weighted by Gasteiger charge is 2.66. The molecular formula is C38H48N4O6Si. The SMILES string of the molecule is COc1ccc([Si](C)(C)[C@@H]2[C@@H](CC(=O)N(CCO)Cc3ccccc3)O[C@]3(C(=O)N(C)c4ccc(NC(=O)[C@H]5CCCN5)cc43)[C@H]2C)cc1. The van der Waals surface area contributed by atoms with Crippen molar-refractivity contribution in [2.24, 2.45) is 5.92 Å². The summed E-state index contributed by atoms with van der Waals surface area (Å²) in [4.78, 5) is 45.1. The summed E-state index contributed by atoms with van der Waals surface area (Å²) in [5.41, 5.74) is 1.53. The van der Waals surface area contributed by atoms with Gasteiger partial charge in [0, 0.05) is 37.3 Å². The van der Waals surface area contributed by atoms with Crippen LogP contribution in [-0.4, -0.2) is 81.8 Å². The van der Waals surface area contributed by atoms with Crippen LogP contribution in [0.25, 0.3) is 0 Å². The Balaban J connectivity index is 1.39. The lowest BCUT2D eigenvalue weighted by Gasteiger charge is -2.37. The van der Waals surface area contributed by atoms with Crippen molar-refractivity contribution in [1.29, 1.82) is 0 Å². The van der Waals surface area contributed by atoms with E-state index in [9.17, 15) is 19.5 Å². The molecule has 3 aromatic rings. The molecule has 3 aliphatic heterocycles. The predicted octanol–water partition coefficient (Wildman–Crippen LogP) is 3.99. The Morgan fingerprint density at radius 1 is 1.12 bits per heavy atom. The molecule has 0 unspecified atom stereocenters. The van der Waals surface area contributed by atoms with Gasteiger partial charge in [-0.3, -0.25) is 14.4 Å². The van der Waals surface area contributed by atoms with Crippen LogP contribution in [0.15, 0.2) is 72.8 Å². The number of hydrogen-bond donors (Lipinski definition) is 3. The Labute approximate surface area is 289 Å². The van der Waals surface area contributed by atoms with Crippen LogP contribution >= 0.6 is 0 Å². The number of ether oxygens (including phenoxy) is 2. The number of benzene rings is 3. The predicted molar refractivity (Wildman–Crippen MR) is 193 cm³/mol. The van der Waals surface area contributed by atoms with Crippen molar-refractivity contribution in [1.82, 2.24) is 10.2 Å². The number of fused-ring (bicyclic) bond motifs is 2. The lowest BCUT2D eigenvalue weighted by atomic mass is 9.82. The number of aliphatic hydroxyl groups is 1. The van der Waals surface area contributed by atoms with Crippen LogP contribution in [0.2, 0.25) is 18.6 Å². The summed E-state index contributed by atoms with van der Waals surface area (Å²) in [7, 11) is 0.926. The van der Waals surface area contributed by atoms with Crippen molar-refractivity contribution in [2.75, 3.05) is 44.1 Å². The molecule has 3 N–H and O–H groups in total. The van der Waals surface area contributed by atoms with Crippen molar-refractivity contribution in [3.8, 4) is 5.75 Å². The average Bonchev–Trinajstić information content (AvgIpc) is 3.80. The summed E-state index contributed by atoms with van der Waals surface area (Å²) >= 11 is 0. The van der Waals surface area contributed by atoms with Crippen molar-refractivity contribution in [3.63, 3.8) is 0 Å². The smallest absolute Gasteiger partial charge is 0.264 e. The van der Waals surface area contributed by atoms with E-state index >= 15 is 0 Å². The second-order valence-electron chi connectivity index (χ2n) is 14.1. The molecule has 260 valence electrons. The molecular weight excluding hydrogens is 637 g/mol. The lowest BCUT2D eigenvalue weighted by Crippen LogP contribution is -2.52. The molecule has 0 aliphatic carbocycles. The molecule has 6 rings (SSSR count). The summed E-state index contributed by atoms with van der Waals surface area (Å²) in [6.07, 6.45) is 1.22. The van der Waals surface area contributed by atoms with Crippen molar-refractivity contribution >= 4 is 42.4 Å². The van der Waals surface area contributed by atoms with Gasteiger partial charge in [0.25, 0.3) is 5.91 Å². The zero-order valence-corrected chi connectivity index (χ0v) is 30.1. The number of aliphatic hydroxyl groups excluding tert-OH is 1. The molecule has 10 nitrogen and oxygen atoms in total. The molecule has 3 heterocycles. The van der Waals surface area contributed by atoms with Gasteiger partial charge in [-0.25, -0.2) is 0 Å². The third kappa shape index (κ3) is 6.40. The van der Waals surface area contributed by atoms with E-state index in [1.165, 1.54) is 5.19 Å². The van der Waals surface area contributed by atoms with Crippen LogP contribution in [0.1, 0.15) is 37.3 Å². The fourth-order valence-corrected chi connectivity index (χ4v) is 12.4. The number of likely N-dealkylation sites (N-methyl/N-ethyl adjacent to an activating group) is 1. The average molecular weight is 685 g/mol. The summed E-state index contributed by atoms with van der Waals surface area (Å²) in [5.74, 6) is 0.0547. The molecule has 2 saturated heterocycles. The van der Waals surface area contributed by atoms with Gasteiger partial charge in [0.05, 0.1) is 46.0 Å². The van der Waals surface area contributed by atoms with Crippen molar-refractivity contribution in [3.05, 3.63) is 83.9 Å². The molecule has 3 aliphatic rings. The van der Waals surface area contributed by atoms with E-state index in [1.54, 1.807) is 24.0 Å². The highest BCUT2D eigenvalue weighted by molar-refractivity contribution is 6.91. The number of methoxy groups -OCH3 is 1. The fourth-order valence-electron chi connectivity index (χ4n) is 8.35. The maximum absolute atomic E-state index is 14.5. The fraction of sp³-hybridized carbons (Fsp3) is 0.447. The van der Waals surface area contributed by atoms with E-state index < -0.39 is 19.8 Å². The van der Waals surface area contributed by atoms with E-state index in [-0.39, 0.29) is 54.8 Å². The monoisotopic (exact) mass is 684 g/mol. The van der Waals surface area contributed by atoms with Crippen LogP contribution in [0, 0.1) is 5.92 Å². The molecule has 0 saturated carbocycles. The molecule has 3 amide bonds. The lowest BCUT2D eigenvalue weighted by molar-refractivity contribution is -0.149. The molecule has 0 aromatic heterocycles. The summed E-state index contributed by atoms with van der Waals surface area (Å²) in [6.45, 7) is 7.84. The second-order valence-corrected chi connectivity index (χ2v) is 18.8. The van der Waals surface area contributed by atoms with E-state index in [2.05, 4.69) is 42.8 Å². The van der Waals surface area contributed by atoms with Gasteiger partial charge in [-0.1, -0.05) is 67.7 Å². The van der Waals surface area contributed by atoms with Crippen LogP contribution in [0.3, 0.4) is 0 Å². The van der Waals surface area contributed by atoms with Crippen LogP contribution in [0.5, 0.6) is 5.75 Å². The molecule has 3 aromatic carbocycles. The topological polar surface area (TPSA) is 120 Å². The molecule has 11 heteroatoms.